The second kappa shape index (κ2) is 6.45. The number of rotatable bonds is 4. The van der Waals surface area contributed by atoms with Crippen molar-refractivity contribution < 1.29 is 9.47 Å². The lowest BCUT2D eigenvalue weighted by atomic mass is 10.1. The van der Waals surface area contributed by atoms with Crippen molar-refractivity contribution in [3.63, 3.8) is 0 Å². The lowest BCUT2D eigenvalue weighted by Gasteiger charge is -2.34. The highest BCUT2D eigenvalue weighted by molar-refractivity contribution is 7.13. The van der Waals surface area contributed by atoms with Gasteiger partial charge in [-0.05, 0) is 24.3 Å². The summed E-state index contributed by atoms with van der Waals surface area (Å²) in [7, 11) is 0. The molecule has 2 aromatic heterocycles. The molecule has 1 N–H and O–H groups in total. The van der Waals surface area contributed by atoms with Gasteiger partial charge in [-0.3, -0.25) is 10.00 Å². The summed E-state index contributed by atoms with van der Waals surface area (Å²) in [5.74, 6) is 1.70. The lowest BCUT2D eigenvalue weighted by molar-refractivity contribution is -0.0963. The Morgan fingerprint density at radius 2 is 2.27 bits per heavy atom. The van der Waals surface area contributed by atoms with Crippen molar-refractivity contribution in [1.29, 1.82) is 0 Å². The molecule has 2 aliphatic rings. The Bertz CT molecular complexity index is 594. The zero-order chi connectivity index (χ0) is 14.8. The highest BCUT2D eigenvalue weighted by Gasteiger charge is 2.31. The van der Waals surface area contributed by atoms with E-state index in [0.29, 0.717) is 0 Å². The van der Waals surface area contributed by atoms with Crippen molar-refractivity contribution in [2.45, 2.75) is 31.6 Å². The molecule has 0 bridgehead atoms. The van der Waals surface area contributed by atoms with Gasteiger partial charge >= 0.3 is 0 Å². The van der Waals surface area contributed by atoms with E-state index in [9.17, 15) is 0 Å². The van der Waals surface area contributed by atoms with Crippen LogP contribution in [0.1, 0.15) is 18.7 Å². The van der Waals surface area contributed by atoms with Crippen LogP contribution in [0, 0.1) is 0 Å². The molecule has 4 rings (SSSR count). The van der Waals surface area contributed by atoms with Gasteiger partial charge in [-0.1, -0.05) is 6.07 Å². The third-order valence-corrected chi connectivity index (χ3v) is 5.07. The molecule has 2 saturated heterocycles. The minimum absolute atomic E-state index is 0.191. The molecule has 0 saturated carbocycles. The largest absolute Gasteiger partial charge is 0.375 e. The van der Waals surface area contributed by atoms with Gasteiger partial charge in [-0.2, -0.15) is 5.10 Å². The van der Waals surface area contributed by atoms with Gasteiger partial charge in [0.25, 0.3) is 0 Å². The maximum Gasteiger partial charge on any atom is 0.191 e. The second-order valence-electron chi connectivity index (χ2n) is 5.78. The molecular formula is C15H20N4O2S. The van der Waals surface area contributed by atoms with Crippen LogP contribution in [0.2, 0.25) is 0 Å². The summed E-state index contributed by atoms with van der Waals surface area (Å²) in [4.78, 5) is 8.07. The molecule has 0 aliphatic carbocycles. The smallest absolute Gasteiger partial charge is 0.191 e. The highest BCUT2D eigenvalue weighted by atomic mass is 32.1. The lowest BCUT2D eigenvalue weighted by Crippen LogP contribution is -2.47. The van der Waals surface area contributed by atoms with Crippen LogP contribution in [0.5, 0.6) is 0 Å². The third-order valence-electron chi connectivity index (χ3n) is 4.20. The van der Waals surface area contributed by atoms with E-state index in [-0.39, 0.29) is 12.2 Å². The van der Waals surface area contributed by atoms with E-state index in [2.05, 4.69) is 20.1 Å². The van der Waals surface area contributed by atoms with Crippen molar-refractivity contribution in [3.8, 4) is 10.7 Å². The first-order valence-electron chi connectivity index (χ1n) is 7.79. The van der Waals surface area contributed by atoms with Crippen molar-refractivity contribution in [2.24, 2.45) is 0 Å². The summed E-state index contributed by atoms with van der Waals surface area (Å²) in [6.07, 6.45) is 2.72. The Morgan fingerprint density at radius 1 is 1.32 bits per heavy atom. The number of aromatic amines is 1. The number of H-pyrrole nitrogens is 1. The molecule has 0 aromatic carbocycles. The standard InChI is InChI=1S/C15H20N4O2S/c1-3-11(20-6-1)12-9-19(5-7-21-12)10-14-16-15(18-17-14)13-4-2-8-22-13/h2,4,8,11-12H,1,3,5-7,9-10H2,(H,16,17,18)/t11-,12-/m0/s1. The SMILES string of the molecule is c1csc(-c2n[nH]c(CN3CCO[C@H]([C@@H]4CCCO4)C3)n2)c1. The Hall–Kier alpha value is -1.28. The quantitative estimate of drug-likeness (QED) is 0.932. The van der Waals surface area contributed by atoms with Crippen molar-refractivity contribution in [2.75, 3.05) is 26.3 Å². The number of ether oxygens (including phenoxy) is 2. The van der Waals surface area contributed by atoms with Crippen LogP contribution in [0.3, 0.4) is 0 Å². The van der Waals surface area contributed by atoms with E-state index < -0.39 is 0 Å². The topological polar surface area (TPSA) is 63.3 Å². The number of hydrogen-bond acceptors (Lipinski definition) is 6. The van der Waals surface area contributed by atoms with Crippen molar-refractivity contribution >= 4 is 11.3 Å². The fraction of sp³-hybridized carbons (Fsp3) is 0.600. The zero-order valence-corrected chi connectivity index (χ0v) is 13.2. The fourth-order valence-corrected chi connectivity index (χ4v) is 3.75. The molecule has 0 spiro atoms. The van der Waals surface area contributed by atoms with Crippen LogP contribution in [-0.4, -0.2) is 58.6 Å². The molecule has 0 unspecified atom stereocenters. The molecule has 7 heteroatoms. The number of morpholine rings is 1. The van der Waals surface area contributed by atoms with E-state index in [0.717, 1.165) is 62.2 Å². The van der Waals surface area contributed by atoms with Crippen LogP contribution in [0.25, 0.3) is 10.7 Å². The van der Waals surface area contributed by atoms with Crippen LogP contribution >= 0.6 is 11.3 Å². The first-order chi connectivity index (χ1) is 10.9. The van der Waals surface area contributed by atoms with Gasteiger partial charge in [0, 0.05) is 19.7 Å². The number of hydrogen-bond donors (Lipinski definition) is 1. The van der Waals surface area contributed by atoms with Gasteiger partial charge in [0.15, 0.2) is 5.82 Å². The van der Waals surface area contributed by atoms with Crippen molar-refractivity contribution in [3.05, 3.63) is 23.3 Å². The number of nitrogens with one attached hydrogen (secondary N) is 1. The molecule has 22 heavy (non-hydrogen) atoms. The molecule has 2 aliphatic heterocycles. The van der Waals surface area contributed by atoms with Crippen LogP contribution < -0.4 is 0 Å². The van der Waals surface area contributed by atoms with Gasteiger partial charge in [-0.25, -0.2) is 4.98 Å². The average molecular weight is 320 g/mol. The summed E-state index contributed by atoms with van der Waals surface area (Å²) in [5, 5.41) is 9.41. The van der Waals surface area contributed by atoms with Crippen LogP contribution in [-0.2, 0) is 16.0 Å². The monoisotopic (exact) mass is 320 g/mol. The van der Waals surface area contributed by atoms with Gasteiger partial charge in [0.05, 0.1) is 30.2 Å². The van der Waals surface area contributed by atoms with E-state index in [1.165, 1.54) is 0 Å². The van der Waals surface area contributed by atoms with Crippen LogP contribution in [0.4, 0.5) is 0 Å². The third kappa shape index (κ3) is 3.08. The number of thiophene rings is 1. The normalized spacial score (nSPS) is 26.5. The maximum absolute atomic E-state index is 5.88. The van der Waals surface area contributed by atoms with Crippen LogP contribution in [0.15, 0.2) is 17.5 Å². The second-order valence-corrected chi connectivity index (χ2v) is 6.73. The minimum Gasteiger partial charge on any atom is -0.375 e. The molecule has 4 heterocycles. The number of nitrogens with zero attached hydrogens (tertiary/aromatic N) is 3. The zero-order valence-electron chi connectivity index (χ0n) is 12.4. The number of aromatic nitrogens is 3. The Kier molecular flexibility index (Phi) is 4.20. The summed E-state index contributed by atoms with van der Waals surface area (Å²) in [5.41, 5.74) is 0. The molecule has 2 aromatic rings. The highest BCUT2D eigenvalue weighted by Crippen LogP contribution is 2.23. The Labute approximate surface area is 133 Å². The van der Waals surface area contributed by atoms with E-state index >= 15 is 0 Å². The predicted octanol–water partition coefficient (Wildman–Crippen LogP) is 1.91. The molecule has 2 atom stereocenters. The summed E-state index contributed by atoms with van der Waals surface area (Å²) in [6, 6.07) is 4.06. The maximum atomic E-state index is 5.88. The molecule has 6 nitrogen and oxygen atoms in total. The Balaban J connectivity index is 1.38. The fourth-order valence-electron chi connectivity index (χ4n) is 3.09. The predicted molar refractivity (Wildman–Crippen MR) is 83.7 cm³/mol. The van der Waals surface area contributed by atoms with E-state index in [4.69, 9.17) is 9.47 Å². The van der Waals surface area contributed by atoms with Crippen molar-refractivity contribution in [1.82, 2.24) is 20.1 Å². The average Bonchev–Trinajstić information content (AvgIpc) is 3.29. The molecule has 118 valence electrons. The summed E-state index contributed by atoms with van der Waals surface area (Å²) < 4.78 is 11.6. The van der Waals surface area contributed by atoms with Gasteiger partial charge < -0.3 is 9.47 Å². The molecule has 0 radical (unpaired) electrons. The first-order valence-corrected chi connectivity index (χ1v) is 8.67. The Morgan fingerprint density at radius 3 is 3.09 bits per heavy atom. The molecule has 2 fully saturated rings. The van der Waals surface area contributed by atoms with Gasteiger partial charge in [0.1, 0.15) is 5.82 Å². The molecular weight excluding hydrogens is 300 g/mol. The van der Waals surface area contributed by atoms with Gasteiger partial charge in [-0.15, -0.1) is 11.3 Å². The summed E-state index contributed by atoms with van der Waals surface area (Å²) in [6.45, 7) is 4.25. The minimum atomic E-state index is 0.191. The molecule has 0 amide bonds. The first kappa shape index (κ1) is 14.3. The van der Waals surface area contributed by atoms with Gasteiger partial charge in [0.2, 0.25) is 0 Å². The summed E-state index contributed by atoms with van der Waals surface area (Å²) >= 11 is 1.66. The van der Waals surface area contributed by atoms with E-state index in [1.807, 2.05) is 17.5 Å². The van der Waals surface area contributed by atoms with E-state index in [1.54, 1.807) is 11.3 Å².